The first-order valence-corrected chi connectivity index (χ1v) is 8.76. The smallest absolute Gasteiger partial charge is 0.227 e. The standard InChI is InChI=1S/C19H29N3O2/c1-14-6-4-5-7-17(14)21-19(24)16-10-8-15(9-11-16)18(23)20-12-13-22(2)3/h4-7,15-16H,8-13H2,1-3H3,(H,20,23)(H,21,24). The number of carbonyl (C=O) groups excluding carboxylic acids is 2. The number of carbonyl (C=O) groups is 2. The maximum atomic E-state index is 12.4. The number of nitrogens with zero attached hydrogens (tertiary/aromatic N) is 1. The van der Waals surface area contributed by atoms with Crippen LogP contribution < -0.4 is 10.6 Å². The number of hydrogen-bond acceptors (Lipinski definition) is 3. The van der Waals surface area contributed by atoms with Gasteiger partial charge in [0.25, 0.3) is 0 Å². The Hall–Kier alpha value is -1.88. The fourth-order valence-electron chi connectivity index (χ4n) is 3.11. The Balaban J connectivity index is 1.76. The second-order valence-corrected chi connectivity index (χ2v) is 6.95. The Morgan fingerprint density at radius 3 is 2.21 bits per heavy atom. The van der Waals surface area contributed by atoms with Gasteiger partial charge in [0, 0.05) is 30.6 Å². The summed E-state index contributed by atoms with van der Waals surface area (Å²) >= 11 is 0. The summed E-state index contributed by atoms with van der Waals surface area (Å²) in [4.78, 5) is 26.6. The fourth-order valence-corrected chi connectivity index (χ4v) is 3.11. The van der Waals surface area contributed by atoms with Crippen molar-refractivity contribution in [1.29, 1.82) is 0 Å². The summed E-state index contributed by atoms with van der Waals surface area (Å²) < 4.78 is 0. The zero-order chi connectivity index (χ0) is 17.5. The molecule has 0 aliphatic heterocycles. The van der Waals surface area contributed by atoms with Crippen molar-refractivity contribution in [2.75, 3.05) is 32.5 Å². The number of hydrogen-bond donors (Lipinski definition) is 2. The second kappa shape index (κ2) is 8.83. The molecule has 0 bridgehead atoms. The predicted octanol–water partition coefficient (Wildman–Crippen LogP) is 2.42. The lowest BCUT2D eigenvalue weighted by atomic mass is 9.81. The second-order valence-electron chi connectivity index (χ2n) is 6.95. The SMILES string of the molecule is Cc1ccccc1NC(=O)C1CCC(C(=O)NCCN(C)C)CC1. The third-order valence-electron chi connectivity index (χ3n) is 4.73. The average Bonchev–Trinajstić information content (AvgIpc) is 2.56. The van der Waals surface area contributed by atoms with Crippen molar-refractivity contribution in [2.24, 2.45) is 11.8 Å². The summed E-state index contributed by atoms with van der Waals surface area (Å²) in [6.45, 7) is 3.52. The van der Waals surface area contributed by atoms with Crippen LogP contribution in [0, 0.1) is 18.8 Å². The summed E-state index contributed by atoms with van der Waals surface area (Å²) in [5.74, 6) is 0.274. The summed E-state index contributed by atoms with van der Waals surface area (Å²) in [5, 5.41) is 6.02. The van der Waals surface area contributed by atoms with E-state index < -0.39 is 0 Å². The quantitative estimate of drug-likeness (QED) is 0.841. The van der Waals surface area contributed by atoms with Crippen LogP contribution in [-0.2, 0) is 9.59 Å². The molecular formula is C19H29N3O2. The first-order chi connectivity index (χ1) is 11.5. The van der Waals surface area contributed by atoms with Crippen molar-refractivity contribution < 1.29 is 9.59 Å². The summed E-state index contributed by atoms with van der Waals surface area (Å²) in [6.07, 6.45) is 3.15. The third kappa shape index (κ3) is 5.34. The molecule has 0 aromatic heterocycles. The summed E-state index contributed by atoms with van der Waals surface area (Å²) in [6, 6.07) is 7.81. The van der Waals surface area contributed by atoms with Crippen molar-refractivity contribution in [3.63, 3.8) is 0 Å². The van der Waals surface area contributed by atoms with Gasteiger partial charge in [0.2, 0.25) is 11.8 Å². The molecule has 0 radical (unpaired) electrons. The lowest BCUT2D eigenvalue weighted by Gasteiger charge is -2.27. The van der Waals surface area contributed by atoms with Gasteiger partial charge in [-0.15, -0.1) is 0 Å². The van der Waals surface area contributed by atoms with Gasteiger partial charge in [0.05, 0.1) is 0 Å². The first-order valence-electron chi connectivity index (χ1n) is 8.76. The van der Waals surface area contributed by atoms with E-state index in [1.807, 2.05) is 50.2 Å². The molecule has 1 fully saturated rings. The highest BCUT2D eigenvalue weighted by atomic mass is 16.2. The van der Waals surface area contributed by atoms with Crippen molar-refractivity contribution in [3.8, 4) is 0 Å². The van der Waals surface area contributed by atoms with Crippen LogP contribution in [0.5, 0.6) is 0 Å². The molecule has 2 amide bonds. The molecule has 5 heteroatoms. The van der Waals surface area contributed by atoms with E-state index in [0.29, 0.717) is 6.54 Å². The topological polar surface area (TPSA) is 61.4 Å². The number of benzene rings is 1. The number of amides is 2. The van der Waals surface area contributed by atoms with Gasteiger partial charge in [-0.1, -0.05) is 18.2 Å². The largest absolute Gasteiger partial charge is 0.355 e. The first kappa shape index (κ1) is 18.5. The minimum absolute atomic E-state index is 0.00966. The number of anilines is 1. The van der Waals surface area contributed by atoms with Crippen LogP contribution in [0.15, 0.2) is 24.3 Å². The highest BCUT2D eigenvalue weighted by Crippen LogP contribution is 2.30. The van der Waals surface area contributed by atoms with Crippen LogP contribution >= 0.6 is 0 Å². The molecule has 0 heterocycles. The van der Waals surface area contributed by atoms with Gasteiger partial charge in [0.15, 0.2) is 0 Å². The van der Waals surface area contributed by atoms with E-state index in [1.165, 1.54) is 0 Å². The van der Waals surface area contributed by atoms with Gasteiger partial charge in [0.1, 0.15) is 0 Å². The maximum absolute atomic E-state index is 12.4. The number of rotatable bonds is 6. The molecule has 1 aliphatic carbocycles. The molecular weight excluding hydrogens is 302 g/mol. The Morgan fingerprint density at radius 2 is 1.62 bits per heavy atom. The van der Waals surface area contributed by atoms with Gasteiger partial charge < -0.3 is 15.5 Å². The average molecular weight is 331 g/mol. The molecule has 2 rings (SSSR count). The number of likely N-dealkylation sites (N-methyl/N-ethyl adjacent to an activating group) is 1. The highest BCUT2D eigenvalue weighted by molar-refractivity contribution is 5.93. The van der Waals surface area contributed by atoms with Crippen LogP contribution in [0.25, 0.3) is 0 Å². The van der Waals surface area contributed by atoms with E-state index in [9.17, 15) is 9.59 Å². The number of nitrogens with one attached hydrogen (secondary N) is 2. The van der Waals surface area contributed by atoms with Crippen molar-refractivity contribution >= 4 is 17.5 Å². The van der Waals surface area contributed by atoms with Crippen LogP contribution in [-0.4, -0.2) is 43.9 Å². The van der Waals surface area contributed by atoms with Gasteiger partial charge in [-0.25, -0.2) is 0 Å². The molecule has 1 saturated carbocycles. The highest BCUT2D eigenvalue weighted by Gasteiger charge is 2.29. The minimum Gasteiger partial charge on any atom is -0.355 e. The monoisotopic (exact) mass is 331 g/mol. The molecule has 1 aromatic rings. The summed E-state index contributed by atoms with van der Waals surface area (Å²) in [5.41, 5.74) is 1.95. The molecule has 5 nitrogen and oxygen atoms in total. The van der Waals surface area contributed by atoms with Crippen molar-refractivity contribution in [2.45, 2.75) is 32.6 Å². The van der Waals surface area contributed by atoms with Gasteiger partial charge in [-0.3, -0.25) is 9.59 Å². The normalized spacial score (nSPS) is 20.7. The van der Waals surface area contributed by atoms with E-state index in [-0.39, 0.29) is 23.7 Å². The van der Waals surface area contributed by atoms with Crippen LogP contribution in [0.4, 0.5) is 5.69 Å². The van der Waals surface area contributed by atoms with E-state index in [2.05, 4.69) is 10.6 Å². The van der Waals surface area contributed by atoms with E-state index in [1.54, 1.807) is 0 Å². The molecule has 0 atom stereocenters. The molecule has 0 unspecified atom stereocenters. The van der Waals surface area contributed by atoms with Crippen molar-refractivity contribution in [3.05, 3.63) is 29.8 Å². The fraction of sp³-hybridized carbons (Fsp3) is 0.579. The van der Waals surface area contributed by atoms with Gasteiger partial charge in [-0.2, -0.15) is 0 Å². The van der Waals surface area contributed by atoms with Crippen molar-refractivity contribution in [1.82, 2.24) is 10.2 Å². The molecule has 0 saturated heterocycles. The number of para-hydroxylation sites is 1. The molecule has 2 N–H and O–H groups in total. The van der Waals surface area contributed by atoms with E-state index in [0.717, 1.165) is 43.5 Å². The Kier molecular flexibility index (Phi) is 6.79. The molecule has 132 valence electrons. The maximum Gasteiger partial charge on any atom is 0.227 e. The summed E-state index contributed by atoms with van der Waals surface area (Å²) in [7, 11) is 3.98. The van der Waals surface area contributed by atoms with Crippen LogP contribution in [0.3, 0.4) is 0 Å². The zero-order valence-corrected chi connectivity index (χ0v) is 15.0. The Morgan fingerprint density at radius 1 is 1.04 bits per heavy atom. The molecule has 0 spiro atoms. The predicted molar refractivity (Wildman–Crippen MR) is 96.8 cm³/mol. The Labute approximate surface area is 144 Å². The third-order valence-corrected chi connectivity index (χ3v) is 4.73. The van der Waals surface area contributed by atoms with Gasteiger partial charge in [-0.05, 0) is 58.3 Å². The minimum atomic E-state index is 0.00966. The lowest BCUT2D eigenvalue weighted by molar-refractivity contribution is -0.128. The zero-order valence-electron chi connectivity index (χ0n) is 15.0. The van der Waals surface area contributed by atoms with E-state index in [4.69, 9.17) is 0 Å². The molecule has 1 aliphatic rings. The van der Waals surface area contributed by atoms with Crippen LogP contribution in [0.2, 0.25) is 0 Å². The Bertz CT molecular complexity index is 563. The van der Waals surface area contributed by atoms with E-state index >= 15 is 0 Å². The van der Waals surface area contributed by atoms with Gasteiger partial charge >= 0.3 is 0 Å². The molecule has 24 heavy (non-hydrogen) atoms. The lowest BCUT2D eigenvalue weighted by Crippen LogP contribution is -2.38. The molecule has 1 aromatic carbocycles. The number of aryl methyl sites for hydroxylation is 1. The van der Waals surface area contributed by atoms with Crippen LogP contribution in [0.1, 0.15) is 31.2 Å².